The fourth-order valence-corrected chi connectivity index (χ4v) is 17.9. The van der Waals surface area contributed by atoms with Gasteiger partial charge in [0, 0.05) is 179 Å². The van der Waals surface area contributed by atoms with Gasteiger partial charge in [0.1, 0.15) is 5.41 Å². The number of hydrogen-bond donors (Lipinski definition) is 5. The Labute approximate surface area is 823 Å². The number of halogens is 7. The molecule has 135 heavy (non-hydrogen) atoms. The van der Waals surface area contributed by atoms with Crippen molar-refractivity contribution in [2.24, 2.45) is 16.6 Å². The van der Waals surface area contributed by atoms with Crippen LogP contribution in [-0.2, 0) is 133 Å². The van der Waals surface area contributed by atoms with Crippen LogP contribution < -0.4 is 27.0 Å². The molecule has 39 heteroatoms. The molecule has 3 unspecified atom stereocenters. The summed E-state index contributed by atoms with van der Waals surface area (Å²) < 4.78 is 90.2. The van der Waals surface area contributed by atoms with Crippen molar-refractivity contribution in [3.63, 3.8) is 0 Å². The highest BCUT2D eigenvalue weighted by atomic mass is 35.5. The van der Waals surface area contributed by atoms with Gasteiger partial charge in [0.15, 0.2) is 15.3 Å². The second-order valence-electron chi connectivity index (χ2n) is 33.6. The Morgan fingerprint density at radius 3 is 1.16 bits per heavy atom. The first-order chi connectivity index (χ1) is 65.1. The largest absolute Gasteiger partial charge is 0.383 e. The maximum atomic E-state index is 13.0. The molecule has 5 aliphatic heterocycles. The molecule has 0 saturated carbocycles. The van der Waals surface area contributed by atoms with E-state index in [0.29, 0.717) is 167 Å². The summed E-state index contributed by atoms with van der Waals surface area (Å²) >= 11 is 38.5. The number of ether oxygens (including phenoxy) is 9. The number of nitrogens with two attached hydrogens (primary N) is 1. The minimum atomic E-state index is -3.44. The van der Waals surface area contributed by atoms with E-state index in [1.54, 1.807) is 45.2 Å². The van der Waals surface area contributed by atoms with E-state index in [1.165, 1.54) is 38.9 Å². The Bertz CT molecular complexity index is 4880. The monoisotopic (exact) mass is 2020 g/mol. The van der Waals surface area contributed by atoms with Gasteiger partial charge in [0.25, 0.3) is 23.6 Å². The van der Waals surface area contributed by atoms with E-state index in [4.69, 9.17) is 119 Å². The Hall–Kier alpha value is -7.50. The molecule has 0 aromatic heterocycles. The summed E-state index contributed by atoms with van der Waals surface area (Å²) in [5.74, 6) is -5.44. The average Bonchev–Trinajstić information content (AvgIpc) is 0.959. The second kappa shape index (κ2) is 59.8. The van der Waals surface area contributed by atoms with Gasteiger partial charge >= 0.3 is 11.9 Å². The van der Waals surface area contributed by atoms with Crippen molar-refractivity contribution in [2.45, 2.75) is 129 Å². The number of rotatable bonds is 49. The minimum absolute atomic E-state index is 0.0147. The van der Waals surface area contributed by atoms with E-state index in [2.05, 4.69) is 127 Å². The maximum absolute atomic E-state index is 13.0. The van der Waals surface area contributed by atoms with Crippen LogP contribution in [0.1, 0.15) is 153 Å². The fraction of sp³-hybridized carbons (Fsp3) is 0.542. The number of fused-ring (bicyclic) bond motifs is 3. The number of sulfone groups is 1. The first kappa shape index (κ1) is 113. The van der Waals surface area contributed by atoms with Gasteiger partial charge in [-0.1, -0.05) is 137 Å². The molecule has 0 spiro atoms. The first-order valence-electron chi connectivity index (χ1n) is 45.6. The Morgan fingerprint density at radius 2 is 0.793 bits per heavy atom. The molecule has 0 radical (unpaired) electrons. The normalized spacial score (nSPS) is 16.3. The minimum Gasteiger partial charge on any atom is -0.383 e. The molecule has 2 fully saturated rings. The third kappa shape index (κ3) is 37.2. The second-order valence-corrected chi connectivity index (χ2v) is 38.2. The lowest BCUT2D eigenvalue weighted by molar-refractivity contribution is -0.217. The topological polar surface area (TPSA) is 363 Å². The SMILES string of the molecule is CC(C)(C(=O)ON1C(=O)CCC1=O)C(=O)ON1C(=O)CCC1=O.CCCOCCOCCNCc1cccc(C2CN(C)Cc3c(Cl)cc(Cl)cc32)c1.CN1Cc2c(Cl)cc(Cl)cc2C(c2cccc(S(=O)(=O)CCCOCCOCCOCCN)c2)C1.COCCNC(=O)C(C)(C)C(=O)NCCOCCOCCOCCNCc1cccc(C2CN(C)Cc3c(Cl)cc(Cl)cc32)c1.[2H]CF. The zero-order valence-electron chi connectivity index (χ0n) is 79.4. The highest BCUT2D eigenvalue weighted by Gasteiger charge is 2.47. The quantitative estimate of drug-likeness (QED) is 0.0135. The molecule has 746 valence electrons. The van der Waals surface area contributed by atoms with Crippen LogP contribution in [0.2, 0.25) is 30.1 Å². The number of hydroxylamine groups is 4. The standard InChI is InChI=1S/C33H48Cl2N4O6.C25H34Cl2N2O5S.C24H32Cl2N2O2.C13H14N2O8.CH3F/c1-33(2,31(40)37-9-11-42-4)32(41)38-10-13-44-15-17-45-16-14-43-12-8-36-21-24-6-5-7-25(18-24)28-22-39(3)23-29-27(28)19-26(34)20-30(29)35;1-29-17-23(22-15-20(26)16-25(27)24(22)18-29)19-4-2-5-21(14-19)35(30,31)13-3-7-32-9-11-34-12-10-33-8-6-28;1-3-8-29-10-11-30-9-7-27-15-18-5-4-6-19(12-18)22-16-28(2)17-23-21(22)13-20(25)14-24(23)26;1-13(2,11(20)22-14-7(16)3-4-8(14)17)12(21)23-15-9(18)5-6-10(15)19;1-2/h5-7,18-20,28,36H,8-17,21-23H2,1-4H3,(H,37,40)(H,38,41);2,4-5,14-16,23H,3,6-13,17-18,28H2,1H3;4-6,12-14,22,27H,3,7-11,15-17H2,1-2H3;3-6H2,1-2H3;1H3/i;;;;1D. The van der Waals surface area contributed by atoms with E-state index < -0.39 is 63.4 Å². The van der Waals surface area contributed by atoms with Gasteiger partial charge in [-0.3, -0.25) is 33.2 Å². The Balaban J connectivity index is 0.000000251. The van der Waals surface area contributed by atoms with Crippen molar-refractivity contribution in [3.05, 3.63) is 201 Å². The number of amides is 6. The van der Waals surface area contributed by atoms with E-state index in [1.807, 2.05) is 31.3 Å². The van der Waals surface area contributed by atoms with Gasteiger partial charge in [-0.25, -0.2) is 18.0 Å². The molecule has 3 atom stereocenters. The van der Waals surface area contributed by atoms with Gasteiger partial charge in [-0.05, 0) is 171 Å². The van der Waals surface area contributed by atoms with Gasteiger partial charge in [0.2, 0.25) is 11.8 Å². The number of nitrogens with one attached hydrogen (secondary N) is 4. The average molecular weight is 2030 g/mol. The Morgan fingerprint density at radius 1 is 0.459 bits per heavy atom. The van der Waals surface area contributed by atoms with Crippen molar-refractivity contribution >= 4 is 127 Å². The van der Waals surface area contributed by atoms with Crippen molar-refractivity contribution in [1.29, 1.82) is 0 Å². The summed E-state index contributed by atoms with van der Waals surface area (Å²) in [7, 11) is 3.40. The number of benzene rings is 6. The first-order valence-corrected chi connectivity index (χ1v) is 48.8. The van der Waals surface area contributed by atoms with Gasteiger partial charge < -0.3 is 94.0 Å². The summed E-state index contributed by atoms with van der Waals surface area (Å²) in [6.07, 6.45) is 1.10. The van der Waals surface area contributed by atoms with Crippen LogP contribution in [0.5, 0.6) is 0 Å². The molecule has 5 heterocycles. The third-order valence-electron chi connectivity index (χ3n) is 22.1. The number of likely N-dealkylation sites (N-methyl/N-ethyl adjacent to an activating group) is 3. The molecule has 5 aliphatic rings. The summed E-state index contributed by atoms with van der Waals surface area (Å²) in [6, 6.07) is 36.1. The van der Waals surface area contributed by atoms with Crippen LogP contribution in [0.3, 0.4) is 0 Å². The summed E-state index contributed by atoms with van der Waals surface area (Å²) in [5.41, 5.74) is 15.1. The van der Waals surface area contributed by atoms with E-state index in [0.717, 1.165) is 125 Å². The molecule has 0 aliphatic carbocycles. The highest BCUT2D eigenvalue weighted by molar-refractivity contribution is 7.91. The molecule has 6 N–H and O–H groups in total. The number of carbonyl (C=O) groups is 8. The van der Waals surface area contributed by atoms with Crippen LogP contribution in [0, 0.1) is 10.8 Å². The van der Waals surface area contributed by atoms with Crippen LogP contribution in [0.4, 0.5) is 4.39 Å². The number of carbonyl (C=O) groups excluding carboxylic acids is 8. The van der Waals surface area contributed by atoms with Crippen molar-refractivity contribution in [2.75, 3.05) is 206 Å². The maximum Gasteiger partial charge on any atom is 0.349 e. The van der Waals surface area contributed by atoms with Crippen molar-refractivity contribution < 1.29 is 105 Å². The van der Waals surface area contributed by atoms with E-state index in [-0.39, 0.29) is 61.0 Å². The summed E-state index contributed by atoms with van der Waals surface area (Å²) in [5, 5.41) is 17.0. The number of hydrogen-bond acceptors (Lipinski definition) is 27. The fourth-order valence-electron chi connectivity index (χ4n) is 14.9. The Kier molecular flexibility index (Phi) is 50.0. The molecule has 0 bridgehead atoms. The number of nitrogens with zero attached hydrogens (tertiary/aromatic N) is 5. The predicted octanol–water partition coefficient (Wildman–Crippen LogP) is 12.3. The number of imide groups is 2. The number of alkyl halides is 1. The summed E-state index contributed by atoms with van der Waals surface area (Å²) in [4.78, 5) is 111. The molecule has 6 amide bonds. The van der Waals surface area contributed by atoms with Gasteiger partial charge in [0.05, 0.1) is 118 Å². The van der Waals surface area contributed by atoms with Crippen molar-refractivity contribution in [3.8, 4) is 0 Å². The van der Waals surface area contributed by atoms with E-state index >= 15 is 0 Å². The zero-order chi connectivity index (χ0) is 99.3. The molecular weight excluding hydrogens is 1890 g/mol. The molecule has 31 nitrogen and oxygen atoms in total. The van der Waals surface area contributed by atoms with Crippen LogP contribution in [0.15, 0.2) is 114 Å². The van der Waals surface area contributed by atoms with Gasteiger partial charge in [-0.2, -0.15) is 0 Å². The molecule has 6 aromatic rings. The highest BCUT2D eigenvalue weighted by Crippen LogP contribution is 2.43. The van der Waals surface area contributed by atoms with Crippen LogP contribution in [-0.4, -0.2) is 286 Å². The molecule has 2 saturated heterocycles. The molecule has 6 aromatic carbocycles. The van der Waals surface area contributed by atoms with Crippen LogP contribution >= 0.6 is 69.6 Å². The molecule has 11 rings (SSSR count). The van der Waals surface area contributed by atoms with E-state index in [9.17, 15) is 51.2 Å². The lowest BCUT2D eigenvalue weighted by Crippen LogP contribution is -2.49. The third-order valence-corrected chi connectivity index (χ3v) is 25.6. The smallest absolute Gasteiger partial charge is 0.349 e. The van der Waals surface area contributed by atoms with Gasteiger partial charge in [-0.15, -0.1) is 10.1 Å². The molecular formula is C96H131Cl6FN10O21S. The summed E-state index contributed by atoms with van der Waals surface area (Å²) in [6.45, 7) is 25.4. The lowest BCUT2D eigenvalue weighted by atomic mass is 9.84. The number of methoxy groups -OCH3 is 1. The predicted molar refractivity (Wildman–Crippen MR) is 516 cm³/mol. The lowest BCUT2D eigenvalue weighted by Gasteiger charge is -2.33. The zero-order valence-corrected chi connectivity index (χ0v) is 83.8. The van der Waals surface area contributed by atoms with Crippen LogP contribution in [0.25, 0.3) is 0 Å². The van der Waals surface area contributed by atoms with Crippen molar-refractivity contribution in [1.82, 2.24) is 46.1 Å².